The second-order valence-corrected chi connectivity index (χ2v) is 41.1. The quantitative estimate of drug-likeness (QED) is 0.0488. The number of fused-ring (bicyclic) bond motifs is 7. The van der Waals surface area contributed by atoms with Crippen molar-refractivity contribution >= 4 is 129 Å². The molecule has 1 fully saturated rings. The lowest BCUT2D eigenvalue weighted by molar-refractivity contribution is -0.428. The minimum Gasteiger partial charge on any atom is -0.497 e. The van der Waals surface area contributed by atoms with E-state index in [1.54, 1.807) is 157 Å². The van der Waals surface area contributed by atoms with E-state index < -0.39 is 23.1 Å². The lowest BCUT2D eigenvalue weighted by Gasteiger charge is -2.32. The smallest absolute Gasteiger partial charge is 0.415 e. The Morgan fingerprint density at radius 3 is 1.19 bits per heavy atom. The second kappa shape index (κ2) is 55.7. The average molecular weight is 2030 g/mol. The largest absolute Gasteiger partial charge is 0.497 e. The number of hydrogen-bond acceptors (Lipinski definition) is 25. The molecule has 0 saturated carbocycles. The zero-order valence-electron chi connectivity index (χ0n) is 80.8. The van der Waals surface area contributed by atoms with Crippen LogP contribution in [0.15, 0.2) is 229 Å². The van der Waals surface area contributed by atoms with Gasteiger partial charge in [0.25, 0.3) is 5.69 Å². The fraction of sp³-hybridized carbons (Fsp3) is 0.388. The van der Waals surface area contributed by atoms with Crippen molar-refractivity contribution in [3.05, 3.63) is 244 Å². The summed E-state index contributed by atoms with van der Waals surface area (Å²) in [5, 5.41) is 15.5. The molecule has 0 aliphatic carbocycles. The van der Waals surface area contributed by atoms with Gasteiger partial charge in [0.2, 0.25) is 11.8 Å². The maximum absolute atomic E-state index is 12.7. The molecule has 3 N–H and O–H groups in total. The molecule has 9 amide bonds. The molecule has 139 heavy (non-hydrogen) atoms. The Balaban J connectivity index is 0.000000156. The van der Waals surface area contributed by atoms with E-state index in [1.165, 1.54) is 62.1 Å². The summed E-state index contributed by atoms with van der Waals surface area (Å²) in [6.45, 7) is 18.2. The Bertz CT molecular complexity index is 5690. The summed E-state index contributed by atoms with van der Waals surface area (Å²) in [6, 6.07) is 58.2. The number of amides is 9. The molecule has 742 valence electrons. The number of methoxy groups -OCH3 is 7. The van der Waals surface area contributed by atoms with E-state index in [0.717, 1.165) is 175 Å². The number of Topliss-reactive ketones (excluding diaryl/α,β-unsaturated/α-hetero) is 1. The van der Waals surface area contributed by atoms with Gasteiger partial charge in [-0.15, -0.1) is 70.6 Å². The molecule has 8 aliphatic rings. The number of rotatable bonds is 15. The lowest BCUT2D eigenvalue weighted by atomic mass is 10.1. The normalized spacial score (nSPS) is 16.0. The summed E-state index contributed by atoms with van der Waals surface area (Å²) in [5.74, 6) is 12.0. The van der Waals surface area contributed by atoms with Crippen molar-refractivity contribution in [2.45, 2.75) is 132 Å². The summed E-state index contributed by atoms with van der Waals surface area (Å²) in [4.78, 5) is 118. The molecule has 0 bridgehead atoms. The van der Waals surface area contributed by atoms with Crippen LogP contribution < -0.4 is 48.5 Å². The SMILES string of the molecule is C=CC(O)N1CCS(=O)c2ccc(OC)cc2C1.CNC(=O)N1CCSc2ccc(OC)cc2C1.COc1ccc2c(c1)CN(C(=O)CC(C)=O)CCS2.COc1ccc2c(c1)CN(C(=O)N1CCCCC1)CCS2.COc1ccc2c(c1)CN(C(=O)NCc1ccccc1)CCS2.COc1ccc2c(c1)CN(C(=O)Oc1ccc([N+](C)=O)cc1)CCS2.COc1ccc2c(c1)CN(C(C)=O)CCS2. The number of piperidine rings is 1. The fourth-order valence-electron chi connectivity index (χ4n) is 15.7. The maximum Gasteiger partial charge on any atom is 0.415 e. The van der Waals surface area contributed by atoms with Gasteiger partial charge >= 0.3 is 24.2 Å². The van der Waals surface area contributed by atoms with Crippen LogP contribution in [0.25, 0.3) is 0 Å². The van der Waals surface area contributed by atoms with E-state index in [1.807, 2.05) is 169 Å². The molecule has 36 heteroatoms. The van der Waals surface area contributed by atoms with Gasteiger partial charge in [-0.05, 0) is 216 Å². The Labute approximate surface area is 843 Å². The van der Waals surface area contributed by atoms with Crippen molar-refractivity contribution < 1.29 is 85.5 Å². The van der Waals surface area contributed by atoms with Crippen LogP contribution in [-0.4, -0.2) is 264 Å². The van der Waals surface area contributed by atoms with Crippen LogP contribution in [0.4, 0.5) is 24.9 Å². The first-order valence-electron chi connectivity index (χ1n) is 45.8. The number of thioether (sulfide) groups is 6. The van der Waals surface area contributed by atoms with Gasteiger partial charge in [-0.1, -0.05) is 36.9 Å². The lowest BCUT2D eigenvalue weighted by Crippen LogP contribution is -2.45. The van der Waals surface area contributed by atoms with Crippen LogP contribution in [0.5, 0.6) is 46.0 Å². The number of likely N-dealkylation sites (tertiary alicyclic amines) is 1. The van der Waals surface area contributed by atoms with Crippen LogP contribution >= 0.6 is 70.6 Å². The zero-order valence-corrected chi connectivity index (χ0v) is 86.5. The molecule has 0 radical (unpaired) electrons. The number of aliphatic hydroxyl groups is 1. The molecule has 2 unspecified atom stereocenters. The molecule has 0 aromatic heterocycles. The molecule has 1 saturated heterocycles. The number of hydrogen-bond donors (Lipinski definition) is 3. The number of nitrogens with one attached hydrogen (secondary N) is 2. The van der Waals surface area contributed by atoms with Crippen molar-refractivity contribution in [3.63, 3.8) is 0 Å². The number of nitroso groups, excluding NO2 is 1. The molecule has 0 spiro atoms. The van der Waals surface area contributed by atoms with Crippen molar-refractivity contribution in [3.8, 4) is 46.0 Å². The highest BCUT2D eigenvalue weighted by molar-refractivity contribution is 8.00. The van der Waals surface area contributed by atoms with Crippen molar-refractivity contribution in [2.24, 2.45) is 0 Å². The van der Waals surface area contributed by atoms with Crippen LogP contribution in [0.1, 0.15) is 84.0 Å². The molecular formula is C103H126N11O18S7+. The number of benzene rings is 9. The summed E-state index contributed by atoms with van der Waals surface area (Å²) in [5.41, 5.74) is 9.34. The molecule has 17 rings (SSSR count). The first-order chi connectivity index (χ1) is 67.3. The molecule has 8 heterocycles. The minimum atomic E-state index is -1.02. The van der Waals surface area contributed by atoms with Gasteiger partial charge in [0.05, 0.1) is 73.5 Å². The van der Waals surface area contributed by atoms with Crippen molar-refractivity contribution in [1.82, 2.24) is 49.8 Å². The first kappa shape index (κ1) is 108. The Morgan fingerprint density at radius 1 is 0.424 bits per heavy atom. The topological polar surface area (TPSA) is 301 Å². The van der Waals surface area contributed by atoms with Crippen LogP contribution in [0.3, 0.4) is 0 Å². The van der Waals surface area contributed by atoms with E-state index in [0.29, 0.717) is 89.2 Å². The Morgan fingerprint density at radius 2 is 0.784 bits per heavy atom. The predicted octanol–water partition coefficient (Wildman–Crippen LogP) is 17.9. The van der Waals surface area contributed by atoms with Gasteiger partial charge in [0.1, 0.15) is 58.0 Å². The van der Waals surface area contributed by atoms with E-state index in [4.69, 9.17) is 37.9 Å². The molecule has 9 aromatic rings. The molecule has 29 nitrogen and oxygen atoms in total. The summed E-state index contributed by atoms with van der Waals surface area (Å²) in [7, 11) is 13.6. The maximum atomic E-state index is 12.7. The molecular weight excluding hydrogens is 1900 g/mol. The van der Waals surface area contributed by atoms with Gasteiger partial charge in [-0.3, -0.25) is 23.5 Å². The third-order valence-corrected chi connectivity index (χ3v) is 31.4. The predicted molar refractivity (Wildman–Crippen MR) is 552 cm³/mol. The highest BCUT2D eigenvalue weighted by Gasteiger charge is 2.30. The number of urea groups is 3. The summed E-state index contributed by atoms with van der Waals surface area (Å²) >= 11 is 10.6. The molecule has 9 aromatic carbocycles. The van der Waals surface area contributed by atoms with Crippen LogP contribution in [0, 0.1) is 4.91 Å². The van der Waals surface area contributed by atoms with Gasteiger partial charge < -0.3 is 87.9 Å². The van der Waals surface area contributed by atoms with Gasteiger partial charge in [-0.25, -0.2) is 19.2 Å². The van der Waals surface area contributed by atoms with E-state index in [-0.39, 0.29) is 42.1 Å². The average Bonchev–Trinajstić information content (AvgIpc) is 1.72. The number of carbonyl (C=O) groups excluding carboxylic acids is 7. The highest BCUT2D eigenvalue weighted by atomic mass is 32.2. The van der Waals surface area contributed by atoms with Crippen molar-refractivity contribution in [2.75, 3.05) is 163 Å². The number of nitrogens with zero attached hydrogens (tertiary/aromatic N) is 9. The van der Waals surface area contributed by atoms with Gasteiger partial charge in [-0.2, -0.15) is 0 Å². The highest BCUT2D eigenvalue weighted by Crippen LogP contribution is 2.38. The monoisotopic (exact) mass is 2030 g/mol. The van der Waals surface area contributed by atoms with Gasteiger partial charge in [0.15, 0.2) is 7.05 Å². The standard InChI is InChI=1S/C18H19N2O4S.C18H20N2O2S.C16H22N2O2S.C14H17NO3S.C13H17NO3S.C12H16N2O2S.C12H15NO2S/c1-19(22)14-3-5-15(6-4-14)24-18(21)20-9-10-25-17-8-7-16(23-2)11-13(17)12-20;1-22-16-7-8-17-15(11-16)13-20(9-10-23-17)18(21)19-12-14-5-3-2-4-6-14;1-20-14-5-6-15-13(11-14)12-18(9-10-21-15)16(19)17-7-3-2-4-8-17;1-10(16)7-14(17)15-5-6-19-13-4-3-12(18-2)8-11(13)9-15;1-3-13(15)14-6-7-18(16)12-5-4-11(17-2)8-10(12)9-14;1-13-12(15)14-5-6-17-11-4-3-10(16-2)7-9(11)8-14;1-9(14)13-5-6-16-12-4-3-11(15-2)7-10(12)8-13/h3-8,11H,9-10,12H2,1-2H3;2-8,11H,9-10,12-13H2,1H3,(H,19,21);5-6,11H,2-4,7-10,12H2,1H3;3-4,8H,5-7,9H2,1-2H3;3-5,8,13,15H,1,6-7,9H2,2H3;3-4,7H,5-6,8H2,1-2H3,(H,13,15);3-4,7H,5-6,8H2,1-2H3/q+1;;;;;;. The van der Waals surface area contributed by atoms with Crippen LogP contribution in [0.2, 0.25) is 0 Å². The zero-order chi connectivity index (χ0) is 99.3. The molecule has 2 atom stereocenters. The number of ketones is 1. The summed E-state index contributed by atoms with van der Waals surface area (Å²) < 4.78 is 55.0. The summed E-state index contributed by atoms with van der Waals surface area (Å²) in [6.07, 6.45) is 3.88. The fourth-order valence-corrected chi connectivity index (χ4v) is 23.0. The number of aliphatic hydroxyl groups excluding tert-OH is 1. The van der Waals surface area contributed by atoms with E-state index >= 15 is 0 Å². The Kier molecular flexibility index (Phi) is 43.3. The number of carbonyl (C=O) groups is 7. The second-order valence-electron chi connectivity index (χ2n) is 32.8. The van der Waals surface area contributed by atoms with Crippen LogP contribution in [-0.2, 0) is 77.5 Å². The number of ether oxygens (including phenoxy) is 8. The minimum absolute atomic E-state index is 0.00995. The molecule has 8 aliphatic heterocycles. The third-order valence-electron chi connectivity index (χ3n) is 23.4. The first-order valence-corrected chi connectivity index (χ1v) is 53.0. The third kappa shape index (κ3) is 32.7. The Hall–Kier alpha value is -11.2. The van der Waals surface area contributed by atoms with Crippen molar-refractivity contribution in [1.29, 1.82) is 0 Å². The van der Waals surface area contributed by atoms with E-state index in [9.17, 15) is 47.8 Å². The van der Waals surface area contributed by atoms with E-state index in [2.05, 4.69) is 47.5 Å². The van der Waals surface area contributed by atoms with Gasteiger partial charge in [0, 0.05) is 215 Å².